The molecule has 5 nitrogen and oxygen atoms in total. The second-order valence-electron chi connectivity index (χ2n) is 6.08. The van der Waals surface area contributed by atoms with Crippen molar-refractivity contribution in [1.29, 1.82) is 0 Å². The van der Waals surface area contributed by atoms with Crippen molar-refractivity contribution in [3.05, 3.63) is 76.9 Å². The van der Waals surface area contributed by atoms with E-state index in [0.29, 0.717) is 34.7 Å². The number of rotatable bonds is 5. The highest BCUT2D eigenvalue weighted by molar-refractivity contribution is 6.00. The molecule has 0 saturated carbocycles. The van der Waals surface area contributed by atoms with Gasteiger partial charge in [0, 0.05) is 36.5 Å². The van der Waals surface area contributed by atoms with E-state index >= 15 is 0 Å². The molecule has 0 radical (unpaired) electrons. The fourth-order valence-corrected chi connectivity index (χ4v) is 3.18. The van der Waals surface area contributed by atoms with Gasteiger partial charge >= 0.3 is 5.97 Å². The van der Waals surface area contributed by atoms with E-state index in [0.717, 1.165) is 18.2 Å². The maximum absolute atomic E-state index is 13.3. The Morgan fingerprint density at radius 3 is 2.25 bits per heavy atom. The van der Waals surface area contributed by atoms with Gasteiger partial charge in [0.25, 0.3) is 0 Å². The minimum atomic E-state index is -1.13. The van der Waals surface area contributed by atoms with Crippen LogP contribution in [0.5, 0.6) is 11.5 Å². The highest BCUT2D eigenvalue weighted by atomic mass is 19.1. The molecule has 0 unspecified atom stereocenters. The summed E-state index contributed by atoms with van der Waals surface area (Å²) in [6, 6.07) is 9.19. The van der Waals surface area contributed by atoms with Crippen LogP contribution in [0, 0.1) is 18.2 Å². The third kappa shape index (κ3) is 3.45. The first-order chi connectivity index (χ1) is 13.3. The largest absolute Gasteiger partial charge is 0.477 e. The summed E-state index contributed by atoms with van der Waals surface area (Å²) in [5.74, 6) is -2.31. The van der Waals surface area contributed by atoms with Crippen molar-refractivity contribution in [3.63, 3.8) is 0 Å². The number of aromatic carboxylic acids is 1. The molecule has 1 N–H and O–H groups in total. The summed E-state index contributed by atoms with van der Waals surface area (Å²) < 4.78 is 33.5. The molecule has 0 bridgehead atoms. The molecular formula is C21H16F2N2O3. The Labute approximate surface area is 160 Å². The van der Waals surface area contributed by atoms with E-state index in [-0.39, 0.29) is 11.4 Å². The number of carboxylic acids is 1. The molecule has 2 aromatic carbocycles. The van der Waals surface area contributed by atoms with Crippen molar-refractivity contribution < 1.29 is 23.4 Å². The number of ether oxygens (including phenoxy) is 1. The van der Waals surface area contributed by atoms with Gasteiger partial charge in [-0.05, 0) is 24.1 Å². The van der Waals surface area contributed by atoms with Crippen LogP contribution in [0.4, 0.5) is 14.5 Å². The first-order valence-electron chi connectivity index (χ1n) is 8.42. The van der Waals surface area contributed by atoms with E-state index < -0.39 is 17.6 Å². The van der Waals surface area contributed by atoms with E-state index in [9.17, 15) is 18.7 Å². The van der Waals surface area contributed by atoms with Crippen molar-refractivity contribution in [2.24, 2.45) is 7.05 Å². The number of hydrogen-bond acceptors (Lipinski definition) is 2. The third-order valence-corrected chi connectivity index (χ3v) is 4.35. The number of carboxylic acid groups (broad SMARTS) is 1. The van der Waals surface area contributed by atoms with Gasteiger partial charge in [0.1, 0.15) is 28.8 Å². The van der Waals surface area contributed by atoms with Gasteiger partial charge in [-0.15, -0.1) is 0 Å². The number of aromatic nitrogens is 1. The van der Waals surface area contributed by atoms with Gasteiger partial charge in [0.15, 0.2) is 0 Å². The van der Waals surface area contributed by atoms with Crippen LogP contribution in [0.15, 0.2) is 42.5 Å². The Hall–Kier alpha value is -3.66. The molecule has 0 aliphatic heterocycles. The van der Waals surface area contributed by atoms with Crippen LogP contribution in [-0.2, 0) is 13.5 Å². The van der Waals surface area contributed by atoms with Crippen LogP contribution in [0.3, 0.4) is 0 Å². The topological polar surface area (TPSA) is 55.8 Å². The lowest BCUT2D eigenvalue weighted by atomic mass is 10.0. The summed E-state index contributed by atoms with van der Waals surface area (Å²) in [4.78, 5) is 15.3. The van der Waals surface area contributed by atoms with Gasteiger partial charge in [-0.1, -0.05) is 19.1 Å². The van der Waals surface area contributed by atoms with Crippen molar-refractivity contribution in [2.45, 2.75) is 13.3 Å². The predicted octanol–water partition coefficient (Wildman–Crippen LogP) is 5.57. The van der Waals surface area contributed by atoms with Gasteiger partial charge < -0.3 is 14.4 Å². The molecule has 0 amide bonds. The van der Waals surface area contributed by atoms with Gasteiger partial charge in [0.05, 0.1) is 6.57 Å². The van der Waals surface area contributed by atoms with Crippen molar-refractivity contribution in [3.8, 4) is 22.6 Å². The number of hydrogen-bond donors (Lipinski definition) is 1. The van der Waals surface area contributed by atoms with Crippen LogP contribution in [-0.4, -0.2) is 15.6 Å². The molecule has 1 heterocycles. The first kappa shape index (κ1) is 19.1. The molecule has 7 heteroatoms. The molecule has 0 fully saturated rings. The van der Waals surface area contributed by atoms with Crippen LogP contribution >= 0.6 is 0 Å². The lowest BCUT2D eigenvalue weighted by Crippen LogP contribution is -2.07. The number of halogens is 2. The molecule has 0 aliphatic carbocycles. The van der Waals surface area contributed by atoms with E-state index in [4.69, 9.17) is 11.3 Å². The van der Waals surface area contributed by atoms with Gasteiger partial charge in [0.2, 0.25) is 5.69 Å². The lowest BCUT2D eigenvalue weighted by molar-refractivity contribution is 0.0687. The normalized spacial score (nSPS) is 10.5. The molecule has 0 spiro atoms. The smallest absolute Gasteiger partial charge is 0.351 e. The third-order valence-electron chi connectivity index (χ3n) is 4.35. The van der Waals surface area contributed by atoms with Crippen molar-refractivity contribution >= 4 is 11.7 Å². The SMILES string of the molecule is [C-]#[N+]c1c(-c2ccc(Oc3cc(F)cc(F)c3)cc2)c(C(=O)O)n(C)c1CC. The molecule has 0 aliphatic rings. The number of nitrogens with zero attached hydrogens (tertiary/aromatic N) is 2. The molecule has 142 valence electrons. The fraction of sp³-hybridized carbons (Fsp3) is 0.143. The summed E-state index contributed by atoms with van der Waals surface area (Å²) >= 11 is 0. The zero-order valence-corrected chi connectivity index (χ0v) is 15.2. The maximum Gasteiger partial charge on any atom is 0.351 e. The Balaban J connectivity index is 2.02. The average molecular weight is 382 g/mol. The monoisotopic (exact) mass is 382 g/mol. The van der Waals surface area contributed by atoms with Crippen LogP contribution in [0.2, 0.25) is 0 Å². The van der Waals surface area contributed by atoms with E-state index in [1.54, 1.807) is 31.3 Å². The summed E-state index contributed by atoms with van der Waals surface area (Å²) in [5.41, 5.74) is 1.84. The zero-order chi connectivity index (χ0) is 20.4. The minimum Gasteiger partial charge on any atom is -0.477 e. The van der Waals surface area contributed by atoms with Gasteiger partial charge in [-0.25, -0.2) is 18.4 Å². The van der Waals surface area contributed by atoms with Crippen molar-refractivity contribution in [2.75, 3.05) is 0 Å². The Morgan fingerprint density at radius 2 is 1.75 bits per heavy atom. The molecular weight excluding hydrogens is 366 g/mol. The summed E-state index contributed by atoms with van der Waals surface area (Å²) in [7, 11) is 1.62. The van der Waals surface area contributed by atoms with Gasteiger partial charge in [-0.3, -0.25) is 0 Å². The number of benzene rings is 2. The number of carbonyl (C=O) groups is 1. The standard InChI is InChI=1S/C21H16F2N2O3/c1-4-17-19(24-2)18(20(21(26)27)25(17)3)12-5-7-15(8-6-12)28-16-10-13(22)9-14(23)11-16/h5-11H,4H2,1,3H3,(H,26,27). The second-order valence-corrected chi connectivity index (χ2v) is 6.08. The molecule has 28 heavy (non-hydrogen) atoms. The Kier molecular flexibility index (Phi) is 5.14. The summed E-state index contributed by atoms with van der Waals surface area (Å²) in [6.07, 6.45) is 0.515. The second kappa shape index (κ2) is 7.53. The molecule has 3 rings (SSSR count). The highest BCUT2D eigenvalue weighted by Gasteiger charge is 2.25. The summed E-state index contributed by atoms with van der Waals surface area (Å²) in [5, 5.41) is 9.62. The lowest BCUT2D eigenvalue weighted by Gasteiger charge is -2.08. The Bertz CT molecular complexity index is 1080. The van der Waals surface area contributed by atoms with Crippen LogP contribution in [0.1, 0.15) is 23.1 Å². The maximum atomic E-state index is 13.3. The fourth-order valence-electron chi connectivity index (χ4n) is 3.18. The Morgan fingerprint density at radius 1 is 1.14 bits per heavy atom. The predicted molar refractivity (Wildman–Crippen MR) is 99.9 cm³/mol. The van der Waals surface area contributed by atoms with Crippen LogP contribution < -0.4 is 4.74 Å². The highest BCUT2D eigenvalue weighted by Crippen LogP contribution is 2.40. The van der Waals surface area contributed by atoms with Gasteiger partial charge in [-0.2, -0.15) is 0 Å². The first-order valence-corrected chi connectivity index (χ1v) is 8.42. The minimum absolute atomic E-state index is 0.00584. The average Bonchev–Trinajstić information content (AvgIpc) is 2.93. The van der Waals surface area contributed by atoms with E-state index in [1.165, 1.54) is 4.57 Å². The molecule has 1 aromatic heterocycles. The van der Waals surface area contributed by atoms with Crippen molar-refractivity contribution in [1.82, 2.24) is 4.57 Å². The van der Waals surface area contributed by atoms with E-state index in [1.807, 2.05) is 6.92 Å². The molecule has 0 atom stereocenters. The zero-order valence-electron chi connectivity index (χ0n) is 15.2. The summed E-state index contributed by atoms with van der Waals surface area (Å²) in [6.45, 7) is 9.34. The quantitative estimate of drug-likeness (QED) is 0.587. The van der Waals surface area contributed by atoms with Crippen LogP contribution in [0.25, 0.3) is 16.0 Å². The molecule has 3 aromatic rings. The van der Waals surface area contributed by atoms with E-state index in [2.05, 4.69) is 4.85 Å². The molecule has 0 saturated heterocycles.